The molecular formula is C11H18N2. The molecular weight excluding hydrogens is 160 g/mol. The third kappa shape index (κ3) is 2.29. The van der Waals surface area contributed by atoms with Crippen molar-refractivity contribution in [2.45, 2.75) is 26.3 Å². The second-order valence-electron chi connectivity index (χ2n) is 3.49. The molecule has 1 atom stereocenters. The second kappa shape index (κ2) is 4.40. The van der Waals surface area contributed by atoms with Crippen LogP contribution in [-0.2, 0) is 0 Å². The monoisotopic (exact) mass is 178 g/mol. The fourth-order valence-electron chi connectivity index (χ4n) is 1.74. The molecule has 1 aromatic carbocycles. The highest BCUT2D eigenvalue weighted by molar-refractivity contribution is 5.35. The van der Waals surface area contributed by atoms with Crippen molar-refractivity contribution >= 4 is 0 Å². The molecule has 0 spiro atoms. The van der Waals surface area contributed by atoms with Gasteiger partial charge in [-0.1, -0.05) is 18.2 Å². The molecule has 0 radical (unpaired) electrons. The van der Waals surface area contributed by atoms with E-state index in [2.05, 4.69) is 32.0 Å². The second-order valence-corrected chi connectivity index (χ2v) is 3.49. The number of aryl methyl sites for hydroxylation is 2. The van der Waals surface area contributed by atoms with Crippen molar-refractivity contribution < 1.29 is 0 Å². The highest BCUT2D eigenvalue weighted by atomic mass is 14.7. The minimum atomic E-state index is 0.0891. The van der Waals surface area contributed by atoms with Crippen molar-refractivity contribution in [3.63, 3.8) is 0 Å². The van der Waals surface area contributed by atoms with Crippen LogP contribution >= 0.6 is 0 Å². The highest BCUT2D eigenvalue weighted by Crippen LogP contribution is 2.21. The molecule has 0 aliphatic rings. The van der Waals surface area contributed by atoms with Crippen LogP contribution in [0.5, 0.6) is 0 Å². The Hall–Kier alpha value is -0.860. The first-order valence-corrected chi connectivity index (χ1v) is 4.68. The zero-order chi connectivity index (χ0) is 9.84. The van der Waals surface area contributed by atoms with Gasteiger partial charge in [0.05, 0.1) is 0 Å². The normalized spacial score (nSPS) is 12.9. The van der Waals surface area contributed by atoms with Gasteiger partial charge < -0.3 is 11.5 Å². The zero-order valence-electron chi connectivity index (χ0n) is 8.38. The summed E-state index contributed by atoms with van der Waals surface area (Å²) in [6.07, 6.45) is 0.853. The summed E-state index contributed by atoms with van der Waals surface area (Å²) >= 11 is 0. The first-order valence-electron chi connectivity index (χ1n) is 4.68. The molecule has 0 aliphatic carbocycles. The summed E-state index contributed by atoms with van der Waals surface area (Å²) in [4.78, 5) is 0. The third-order valence-electron chi connectivity index (χ3n) is 2.39. The summed E-state index contributed by atoms with van der Waals surface area (Å²) in [5.74, 6) is 0. The van der Waals surface area contributed by atoms with Crippen molar-refractivity contribution in [3.8, 4) is 0 Å². The molecule has 0 aromatic heterocycles. The highest BCUT2D eigenvalue weighted by Gasteiger charge is 2.09. The van der Waals surface area contributed by atoms with Crippen LogP contribution in [0.4, 0.5) is 0 Å². The van der Waals surface area contributed by atoms with Gasteiger partial charge in [-0.15, -0.1) is 0 Å². The van der Waals surface area contributed by atoms with Gasteiger partial charge >= 0.3 is 0 Å². The molecule has 2 nitrogen and oxygen atoms in total. The summed E-state index contributed by atoms with van der Waals surface area (Å²) in [7, 11) is 0. The lowest BCUT2D eigenvalue weighted by Gasteiger charge is -2.16. The summed E-state index contributed by atoms with van der Waals surface area (Å²) in [5, 5.41) is 0. The molecule has 13 heavy (non-hydrogen) atoms. The van der Waals surface area contributed by atoms with Crippen molar-refractivity contribution in [2.24, 2.45) is 11.5 Å². The van der Waals surface area contributed by atoms with Crippen LogP contribution in [0.3, 0.4) is 0 Å². The molecule has 0 amide bonds. The van der Waals surface area contributed by atoms with Crippen LogP contribution in [0.25, 0.3) is 0 Å². The molecule has 0 aliphatic heterocycles. The van der Waals surface area contributed by atoms with Crippen LogP contribution < -0.4 is 11.5 Å². The van der Waals surface area contributed by atoms with E-state index in [1.54, 1.807) is 0 Å². The van der Waals surface area contributed by atoms with E-state index in [1.807, 2.05) is 0 Å². The Labute approximate surface area is 79.9 Å². The van der Waals surface area contributed by atoms with Crippen molar-refractivity contribution in [1.29, 1.82) is 0 Å². The first kappa shape index (κ1) is 10.2. The molecule has 0 unspecified atom stereocenters. The van der Waals surface area contributed by atoms with E-state index in [1.165, 1.54) is 16.7 Å². The molecule has 0 bridgehead atoms. The average Bonchev–Trinajstić information content (AvgIpc) is 2.04. The lowest BCUT2D eigenvalue weighted by molar-refractivity contribution is 0.654. The minimum absolute atomic E-state index is 0.0891. The van der Waals surface area contributed by atoms with Crippen LogP contribution in [-0.4, -0.2) is 6.54 Å². The third-order valence-corrected chi connectivity index (χ3v) is 2.39. The smallest absolute Gasteiger partial charge is 0.0312 e. The number of hydrogen-bond donors (Lipinski definition) is 2. The van der Waals surface area contributed by atoms with Crippen LogP contribution in [0, 0.1) is 13.8 Å². The average molecular weight is 178 g/mol. The van der Waals surface area contributed by atoms with Crippen LogP contribution in [0.1, 0.15) is 29.2 Å². The van der Waals surface area contributed by atoms with Crippen molar-refractivity contribution in [1.82, 2.24) is 0 Å². The maximum absolute atomic E-state index is 6.03. The molecule has 1 aromatic rings. The zero-order valence-corrected chi connectivity index (χ0v) is 8.38. The molecule has 72 valence electrons. The standard InChI is InChI=1S/C11H18N2/c1-8-4-3-5-9(2)11(8)10(13)6-7-12/h3-5,10H,6-7,12-13H2,1-2H3/t10-/m1/s1. The van der Waals surface area contributed by atoms with Gasteiger partial charge in [0.15, 0.2) is 0 Å². The Morgan fingerprint density at radius 3 is 2.23 bits per heavy atom. The Balaban J connectivity index is 2.98. The number of hydrogen-bond acceptors (Lipinski definition) is 2. The van der Waals surface area contributed by atoms with Gasteiger partial charge in [0.1, 0.15) is 0 Å². The maximum Gasteiger partial charge on any atom is 0.0312 e. The van der Waals surface area contributed by atoms with E-state index in [0.29, 0.717) is 6.54 Å². The van der Waals surface area contributed by atoms with Crippen molar-refractivity contribution in [2.75, 3.05) is 6.54 Å². The fourth-order valence-corrected chi connectivity index (χ4v) is 1.74. The molecule has 0 saturated carbocycles. The van der Waals surface area contributed by atoms with Gasteiger partial charge in [0, 0.05) is 6.04 Å². The number of rotatable bonds is 3. The molecule has 0 saturated heterocycles. The van der Waals surface area contributed by atoms with E-state index in [4.69, 9.17) is 11.5 Å². The number of nitrogens with two attached hydrogens (primary N) is 2. The molecule has 0 fully saturated rings. The molecule has 4 N–H and O–H groups in total. The van der Waals surface area contributed by atoms with E-state index < -0.39 is 0 Å². The van der Waals surface area contributed by atoms with Gasteiger partial charge in [-0.3, -0.25) is 0 Å². The van der Waals surface area contributed by atoms with Crippen molar-refractivity contribution in [3.05, 3.63) is 34.9 Å². The van der Waals surface area contributed by atoms with E-state index in [-0.39, 0.29) is 6.04 Å². The summed E-state index contributed by atoms with van der Waals surface area (Å²) in [5.41, 5.74) is 15.3. The van der Waals surface area contributed by atoms with Gasteiger partial charge in [-0.2, -0.15) is 0 Å². The topological polar surface area (TPSA) is 52.0 Å². The molecule has 2 heteroatoms. The summed E-state index contributed by atoms with van der Waals surface area (Å²) in [6, 6.07) is 6.34. The predicted octanol–water partition coefficient (Wildman–Crippen LogP) is 1.65. The summed E-state index contributed by atoms with van der Waals surface area (Å²) < 4.78 is 0. The summed E-state index contributed by atoms with van der Waals surface area (Å²) in [6.45, 7) is 4.84. The Kier molecular flexibility index (Phi) is 3.46. The van der Waals surface area contributed by atoms with Crippen LogP contribution in [0.2, 0.25) is 0 Å². The van der Waals surface area contributed by atoms with Gasteiger partial charge in [-0.05, 0) is 43.5 Å². The van der Waals surface area contributed by atoms with E-state index >= 15 is 0 Å². The predicted molar refractivity (Wildman–Crippen MR) is 56.5 cm³/mol. The van der Waals surface area contributed by atoms with Gasteiger partial charge in [-0.25, -0.2) is 0 Å². The Bertz CT molecular complexity index is 261. The van der Waals surface area contributed by atoms with Gasteiger partial charge in [0.2, 0.25) is 0 Å². The quantitative estimate of drug-likeness (QED) is 0.739. The maximum atomic E-state index is 6.03. The Morgan fingerprint density at radius 2 is 1.77 bits per heavy atom. The van der Waals surface area contributed by atoms with Crippen LogP contribution in [0.15, 0.2) is 18.2 Å². The molecule has 0 heterocycles. The first-order chi connectivity index (χ1) is 6.16. The number of benzene rings is 1. The van der Waals surface area contributed by atoms with E-state index in [0.717, 1.165) is 6.42 Å². The van der Waals surface area contributed by atoms with Gasteiger partial charge in [0.25, 0.3) is 0 Å². The fraction of sp³-hybridized carbons (Fsp3) is 0.455. The lowest BCUT2D eigenvalue weighted by atomic mass is 9.95. The largest absolute Gasteiger partial charge is 0.330 e. The SMILES string of the molecule is Cc1cccc(C)c1[C@H](N)CCN. The Morgan fingerprint density at radius 1 is 1.23 bits per heavy atom. The minimum Gasteiger partial charge on any atom is -0.330 e. The van der Waals surface area contributed by atoms with E-state index in [9.17, 15) is 0 Å². The lowest BCUT2D eigenvalue weighted by Crippen LogP contribution is -2.17. The molecule has 1 rings (SSSR count).